The van der Waals surface area contributed by atoms with Gasteiger partial charge in [0.25, 0.3) is 0 Å². The zero-order valence-corrected chi connectivity index (χ0v) is 16.1. The molecule has 0 aliphatic heterocycles. The molecule has 0 aliphatic rings. The molecule has 1 aromatic carbocycles. The number of benzene rings is 1. The highest BCUT2D eigenvalue weighted by Gasteiger charge is 2.15. The van der Waals surface area contributed by atoms with E-state index in [-0.39, 0.29) is 10.8 Å². The van der Waals surface area contributed by atoms with E-state index in [0.29, 0.717) is 22.4 Å². The van der Waals surface area contributed by atoms with Gasteiger partial charge < -0.3 is 11.5 Å². The average molecular weight is 381 g/mol. The standard InChI is InChI=1S/C11H7ClFN5.C6H14.CH5N/c12-6-3-1-2-5(8(6)13)9-10-11(18-17-9)16-7(14)4-15-10;1-3-5-6-4-2;1-2/h1-4H,(H3,14,16,17,18);3-6H2,1-2H3;2H2,1H3. The third-order valence-corrected chi connectivity index (χ3v) is 3.75. The lowest BCUT2D eigenvalue weighted by atomic mass is 10.1. The number of nitrogens with two attached hydrogens (primary N) is 2. The summed E-state index contributed by atoms with van der Waals surface area (Å²) in [7, 11) is 1.50. The van der Waals surface area contributed by atoms with Crippen molar-refractivity contribution < 1.29 is 4.39 Å². The molecule has 0 atom stereocenters. The Morgan fingerprint density at radius 2 is 1.81 bits per heavy atom. The quantitative estimate of drug-likeness (QED) is 0.575. The molecule has 6 nitrogen and oxygen atoms in total. The summed E-state index contributed by atoms with van der Waals surface area (Å²) in [5, 5.41) is 6.67. The number of aromatic amines is 1. The summed E-state index contributed by atoms with van der Waals surface area (Å²) in [6.45, 7) is 4.46. The lowest BCUT2D eigenvalue weighted by Crippen LogP contribution is -1.92. The van der Waals surface area contributed by atoms with Gasteiger partial charge in [-0.15, -0.1) is 0 Å². The summed E-state index contributed by atoms with van der Waals surface area (Å²) in [4.78, 5) is 8.09. The van der Waals surface area contributed by atoms with E-state index in [1.54, 1.807) is 12.1 Å². The SMILES string of the molecule is CCCCCC.CN.Nc1cnc2c(-c3cccc(Cl)c3F)[nH]nc2n1. The Hall–Kier alpha value is -2.25. The smallest absolute Gasteiger partial charge is 0.202 e. The van der Waals surface area contributed by atoms with Crippen LogP contribution in [0.2, 0.25) is 5.02 Å². The Bertz CT molecular complexity index is 801. The Morgan fingerprint density at radius 3 is 2.42 bits per heavy atom. The van der Waals surface area contributed by atoms with Crippen LogP contribution in [-0.4, -0.2) is 27.2 Å². The van der Waals surface area contributed by atoms with Crippen LogP contribution in [-0.2, 0) is 0 Å². The summed E-state index contributed by atoms with van der Waals surface area (Å²) >= 11 is 5.74. The minimum Gasteiger partial charge on any atom is -0.382 e. The number of fused-ring (bicyclic) bond motifs is 1. The first-order valence-corrected chi connectivity index (χ1v) is 8.95. The van der Waals surface area contributed by atoms with Crippen molar-refractivity contribution in [2.75, 3.05) is 12.8 Å². The fraction of sp³-hybridized carbons (Fsp3) is 0.389. The molecule has 0 fully saturated rings. The number of H-pyrrole nitrogens is 1. The van der Waals surface area contributed by atoms with Gasteiger partial charge in [0.2, 0.25) is 5.65 Å². The van der Waals surface area contributed by atoms with Gasteiger partial charge in [-0.25, -0.2) is 14.4 Å². The molecule has 0 bridgehead atoms. The molecule has 5 N–H and O–H groups in total. The summed E-state index contributed by atoms with van der Waals surface area (Å²) < 4.78 is 13.9. The van der Waals surface area contributed by atoms with Crippen molar-refractivity contribution in [2.45, 2.75) is 39.5 Å². The minimum atomic E-state index is -0.525. The van der Waals surface area contributed by atoms with E-state index >= 15 is 0 Å². The first-order chi connectivity index (χ1) is 12.6. The Labute approximate surface area is 158 Å². The molecule has 2 aromatic heterocycles. The highest BCUT2D eigenvalue weighted by molar-refractivity contribution is 6.31. The van der Waals surface area contributed by atoms with E-state index in [9.17, 15) is 4.39 Å². The van der Waals surface area contributed by atoms with Crippen LogP contribution in [0.4, 0.5) is 10.2 Å². The second-order valence-electron chi connectivity index (χ2n) is 5.37. The van der Waals surface area contributed by atoms with E-state index in [1.807, 2.05) is 0 Å². The molecule has 0 saturated heterocycles. The lowest BCUT2D eigenvalue weighted by molar-refractivity contribution is 0.631. The van der Waals surface area contributed by atoms with Crippen molar-refractivity contribution in [3.63, 3.8) is 0 Å². The molecule has 142 valence electrons. The van der Waals surface area contributed by atoms with Gasteiger partial charge in [0, 0.05) is 5.56 Å². The predicted octanol–water partition coefficient (Wildman–Crippen LogP) is 4.56. The number of nitrogens with one attached hydrogen (secondary N) is 1. The van der Waals surface area contributed by atoms with Crippen LogP contribution in [0.15, 0.2) is 24.4 Å². The molecule has 0 unspecified atom stereocenters. The molecule has 26 heavy (non-hydrogen) atoms. The average Bonchev–Trinajstić information content (AvgIpc) is 3.07. The third kappa shape index (κ3) is 5.64. The second kappa shape index (κ2) is 11.4. The molecule has 0 radical (unpaired) electrons. The summed E-state index contributed by atoms with van der Waals surface area (Å²) in [5.74, 6) is -0.268. The number of nitrogen functional groups attached to an aromatic ring is 1. The lowest BCUT2D eigenvalue weighted by Gasteiger charge is -2.01. The summed E-state index contributed by atoms with van der Waals surface area (Å²) in [5.41, 5.74) is 11.5. The highest BCUT2D eigenvalue weighted by Crippen LogP contribution is 2.29. The largest absolute Gasteiger partial charge is 0.382 e. The molecular weight excluding hydrogens is 355 g/mol. The second-order valence-corrected chi connectivity index (χ2v) is 5.78. The fourth-order valence-electron chi connectivity index (χ4n) is 2.19. The van der Waals surface area contributed by atoms with E-state index in [0.717, 1.165) is 0 Å². The normalized spacial score (nSPS) is 9.92. The number of unbranched alkanes of at least 4 members (excludes halogenated alkanes) is 3. The number of hydrogen-bond donors (Lipinski definition) is 3. The van der Waals surface area contributed by atoms with Crippen LogP contribution >= 0.6 is 11.6 Å². The van der Waals surface area contributed by atoms with Gasteiger partial charge in [-0.2, -0.15) is 5.10 Å². The van der Waals surface area contributed by atoms with E-state index < -0.39 is 5.82 Å². The third-order valence-electron chi connectivity index (χ3n) is 3.46. The number of hydrogen-bond acceptors (Lipinski definition) is 5. The summed E-state index contributed by atoms with van der Waals surface area (Å²) in [6, 6.07) is 4.72. The van der Waals surface area contributed by atoms with Crippen molar-refractivity contribution in [3.8, 4) is 11.3 Å². The summed E-state index contributed by atoms with van der Waals surface area (Å²) in [6.07, 6.45) is 6.93. The molecule has 0 aliphatic carbocycles. The predicted molar refractivity (Wildman–Crippen MR) is 106 cm³/mol. The molecule has 0 spiro atoms. The molecule has 0 saturated carbocycles. The molecule has 3 aromatic rings. The number of rotatable bonds is 4. The maximum absolute atomic E-state index is 13.9. The van der Waals surface area contributed by atoms with Crippen molar-refractivity contribution in [2.24, 2.45) is 5.73 Å². The van der Waals surface area contributed by atoms with Crippen LogP contribution in [0.5, 0.6) is 0 Å². The van der Waals surface area contributed by atoms with Gasteiger partial charge in [-0.05, 0) is 19.2 Å². The van der Waals surface area contributed by atoms with Crippen LogP contribution in [0, 0.1) is 5.82 Å². The molecule has 3 rings (SSSR count). The van der Waals surface area contributed by atoms with Gasteiger partial charge in [-0.3, -0.25) is 5.10 Å². The van der Waals surface area contributed by atoms with Crippen molar-refractivity contribution >= 4 is 28.6 Å². The molecular formula is C18H26ClFN6. The number of aromatic nitrogens is 4. The fourth-order valence-corrected chi connectivity index (χ4v) is 2.37. The minimum absolute atomic E-state index is 0.0404. The Morgan fingerprint density at radius 1 is 1.15 bits per heavy atom. The zero-order chi connectivity index (χ0) is 19.5. The maximum atomic E-state index is 13.9. The molecule has 2 heterocycles. The van der Waals surface area contributed by atoms with Crippen LogP contribution in [0.25, 0.3) is 22.4 Å². The first-order valence-electron chi connectivity index (χ1n) is 8.57. The molecule has 0 amide bonds. The van der Waals surface area contributed by atoms with E-state index in [1.165, 1.54) is 45.0 Å². The van der Waals surface area contributed by atoms with Crippen LogP contribution < -0.4 is 11.5 Å². The van der Waals surface area contributed by atoms with Gasteiger partial charge >= 0.3 is 0 Å². The topological polar surface area (TPSA) is 106 Å². The Balaban J connectivity index is 0.000000363. The van der Waals surface area contributed by atoms with E-state index in [2.05, 4.69) is 39.7 Å². The van der Waals surface area contributed by atoms with Gasteiger partial charge in [-0.1, -0.05) is 57.2 Å². The van der Waals surface area contributed by atoms with Crippen molar-refractivity contribution in [1.29, 1.82) is 0 Å². The highest BCUT2D eigenvalue weighted by atomic mass is 35.5. The van der Waals surface area contributed by atoms with E-state index in [4.69, 9.17) is 17.3 Å². The van der Waals surface area contributed by atoms with Gasteiger partial charge in [0.15, 0.2) is 5.82 Å². The molecule has 8 heteroatoms. The number of anilines is 1. The maximum Gasteiger partial charge on any atom is 0.202 e. The number of halogens is 2. The van der Waals surface area contributed by atoms with Crippen molar-refractivity contribution in [1.82, 2.24) is 20.2 Å². The van der Waals surface area contributed by atoms with Crippen molar-refractivity contribution in [3.05, 3.63) is 35.2 Å². The van der Waals surface area contributed by atoms with Crippen LogP contribution in [0.1, 0.15) is 39.5 Å². The van der Waals surface area contributed by atoms with Gasteiger partial charge in [0.1, 0.15) is 11.3 Å². The number of nitrogens with zero attached hydrogens (tertiary/aromatic N) is 3. The Kier molecular flexibility index (Phi) is 9.54. The zero-order valence-electron chi connectivity index (χ0n) is 15.4. The van der Waals surface area contributed by atoms with Crippen LogP contribution in [0.3, 0.4) is 0 Å². The van der Waals surface area contributed by atoms with Gasteiger partial charge in [0.05, 0.1) is 16.9 Å². The first kappa shape index (κ1) is 21.8. The monoisotopic (exact) mass is 380 g/mol.